The van der Waals surface area contributed by atoms with Crippen LogP contribution in [0, 0.1) is 5.92 Å². The first-order chi connectivity index (χ1) is 6.83. The molecule has 1 fully saturated rings. The van der Waals surface area contributed by atoms with E-state index < -0.39 is 5.79 Å². The summed E-state index contributed by atoms with van der Waals surface area (Å²) in [4.78, 5) is 0. The van der Waals surface area contributed by atoms with Gasteiger partial charge in [0.2, 0.25) is 0 Å². The van der Waals surface area contributed by atoms with Crippen LogP contribution in [0.1, 0.15) is 47.0 Å². The SMILES string of the molecule is CC.CC(C)(O)O.NC1CC[C@@H](CO)C1. The normalized spacial score (nSPS) is 24.8. The van der Waals surface area contributed by atoms with E-state index in [1.54, 1.807) is 0 Å². The number of aliphatic hydroxyl groups excluding tert-OH is 1. The number of rotatable bonds is 1. The molecule has 1 unspecified atom stereocenters. The van der Waals surface area contributed by atoms with E-state index in [1.165, 1.54) is 13.8 Å². The van der Waals surface area contributed by atoms with Gasteiger partial charge in [-0.05, 0) is 39.0 Å². The summed E-state index contributed by atoms with van der Waals surface area (Å²) < 4.78 is 0. The predicted molar refractivity (Wildman–Crippen MR) is 62.3 cm³/mol. The minimum absolute atomic E-state index is 0.327. The first-order valence-corrected chi connectivity index (χ1v) is 5.64. The zero-order chi connectivity index (χ0) is 12.5. The molecule has 0 aromatic heterocycles. The maximum atomic E-state index is 8.63. The third-order valence-corrected chi connectivity index (χ3v) is 1.84. The predicted octanol–water partition coefficient (Wildman–Crippen LogP) is 0.839. The van der Waals surface area contributed by atoms with Crippen molar-refractivity contribution < 1.29 is 15.3 Å². The van der Waals surface area contributed by atoms with Gasteiger partial charge in [-0.2, -0.15) is 0 Å². The van der Waals surface area contributed by atoms with Crippen molar-refractivity contribution in [1.29, 1.82) is 0 Å². The van der Waals surface area contributed by atoms with Gasteiger partial charge in [0.25, 0.3) is 0 Å². The van der Waals surface area contributed by atoms with E-state index in [4.69, 9.17) is 21.1 Å². The Morgan fingerprint density at radius 3 is 1.73 bits per heavy atom. The lowest BCUT2D eigenvalue weighted by atomic mass is 10.1. The summed E-state index contributed by atoms with van der Waals surface area (Å²) in [6.07, 6.45) is 3.25. The lowest BCUT2D eigenvalue weighted by molar-refractivity contribution is -0.127. The molecule has 94 valence electrons. The van der Waals surface area contributed by atoms with Gasteiger partial charge in [-0.15, -0.1) is 0 Å². The van der Waals surface area contributed by atoms with E-state index in [9.17, 15) is 0 Å². The molecule has 1 rings (SSSR count). The molecular weight excluding hydrogens is 194 g/mol. The van der Waals surface area contributed by atoms with Gasteiger partial charge in [0.15, 0.2) is 5.79 Å². The molecule has 0 spiro atoms. The summed E-state index contributed by atoms with van der Waals surface area (Å²) in [6, 6.07) is 0.368. The second-order valence-corrected chi connectivity index (χ2v) is 4.12. The average molecular weight is 221 g/mol. The third kappa shape index (κ3) is 16.5. The van der Waals surface area contributed by atoms with Gasteiger partial charge in [0, 0.05) is 12.6 Å². The Hall–Kier alpha value is -0.160. The zero-order valence-electron chi connectivity index (χ0n) is 10.4. The minimum atomic E-state index is -1.50. The molecule has 4 nitrogen and oxygen atoms in total. The van der Waals surface area contributed by atoms with E-state index in [0.29, 0.717) is 18.6 Å². The largest absolute Gasteiger partial charge is 0.396 e. The second-order valence-electron chi connectivity index (χ2n) is 4.12. The van der Waals surface area contributed by atoms with Crippen LogP contribution in [0.25, 0.3) is 0 Å². The van der Waals surface area contributed by atoms with Crippen molar-refractivity contribution in [1.82, 2.24) is 0 Å². The van der Waals surface area contributed by atoms with Gasteiger partial charge < -0.3 is 21.1 Å². The van der Waals surface area contributed by atoms with E-state index in [0.717, 1.165) is 19.3 Å². The maximum absolute atomic E-state index is 8.63. The third-order valence-electron chi connectivity index (χ3n) is 1.84. The van der Waals surface area contributed by atoms with Gasteiger partial charge >= 0.3 is 0 Å². The Kier molecular flexibility index (Phi) is 10.5. The molecule has 1 aliphatic carbocycles. The highest BCUT2D eigenvalue weighted by molar-refractivity contribution is 4.76. The van der Waals surface area contributed by atoms with Crippen LogP contribution in [0.4, 0.5) is 0 Å². The van der Waals surface area contributed by atoms with Crippen LogP contribution in [0.3, 0.4) is 0 Å². The fourth-order valence-electron chi connectivity index (χ4n) is 1.28. The fourth-order valence-corrected chi connectivity index (χ4v) is 1.28. The molecule has 0 saturated heterocycles. The van der Waals surface area contributed by atoms with Crippen molar-refractivity contribution in [2.45, 2.75) is 58.8 Å². The first-order valence-electron chi connectivity index (χ1n) is 5.64. The lowest BCUT2D eigenvalue weighted by Gasteiger charge is -2.03. The lowest BCUT2D eigenvalue weighted by Crippen LogP contribution is -2.15. The van der Waals surface area contributed by atoms with Crippen LogP contribution < -0.4 is 5.73 Å². The minimum Gasteiger partial charge on any atom is -0.396 e. The summed E-state index contributed by atoms with van der Waals surface area (Å²) >= 11 is 0. The summed E-state index contributed by atoms with van der Waals surface area (Å²) in [5.41, 5.74) is 5.59. The highest BCUT2D eigenvalue weighted by Gasteiger charge is 2.19. The molecule has 0 aromatic carbocycles. The molecule has 0 amide bonds. The van der Waals surface area contributed by atoms with Crippen LogP contribution in [0.5, 0.6) is 0 Å². The van der Waals surface area contributed by atoms with Gasteiger partial charge in [-0.1, -0.05) is 13.8 Å². The molecule has 0 heterocycles. The average Bonchev–Trinajstić information content (AvgIpc) is 2.52. The molecule has 1 saturated carbocycles. The van der Waals surface area contributed by atoms with Crippen LogP contribution in [0.2, 0.25) is 0 Å². The quantitative estimate of drug-likeness (QED) is 0.494. The van der Waals surface area contributed by atoms with Crippen molar-refractivity contribution in [3.05, 3.63) is 0 Å². The Morgan fingerprint density at radius 1 is 1.20 bits per heavy atom. The van der Waals surface area contributed by atoms with Gasteiger partial charge in [0.05, 0.1) is 0 Å². The summed E-state index contributed by atoms with van der Waals surface area (Å²) in [5.74, 6) is -0.995. The van der Waals surface area contributed by atoms with Crippen LogP contribution in [-0.2, 0) is 0 Å². The van der Waals surface area contributed by atoms with Crippen molar-refractivity contribution in [2.24, 2.45) is 11.7 Å². The van der Waals surface area contributed by atoms with E-state index in [1.807, 2.05) is 13.8 Å². The van der Waals surface area contributed by atoms with Gasteiger partial charge in [0.1, 0.15) is 0 Å². The molecule has 2 atom stereocenters. The Bertz CT molecular complexity index is 128. The summed E-state index contributed by atoms with van der Waals surface area (Å²) in [7, 11) is 0. The number of hydrogen-bond donors (Lipinski definition) is 4. The number of nitrogens with two attached hydrogens (primary N) is 1. The standard InChI is InChI=1S/C6H13NO.C3H8O2.C2H6/c7-6-2-1-5(3-6)4-8;1-3(2,4)5;1-2/h5-6,8H,1-4,7H2;4-5H,1-2H3;1-2H3/t5-,6?;;/m1../s1. The highest BCUT2D eigenvalue weighted by atomic mass is 16.5. The Balaban J connectivity index is 0. The van der Waals surface area contributed by atoms with Gasteiger partial charge in [-0.25, -0.2) is 0 Å². The van der Waals surface area contributed by atoms with Crippen LogP contribution >= 0.6 is 0 Å². The molecule has 15 heavy (non-hydrogen) atoms. The van der Waals surface area contributed by atoms with Crippen molar-refractivity contribution in [3.63, 3.8) is 0 Å². The van der Waals surface area contributed by atoms with Gasteiger partial charge in [-0.3, -0.25) is 0 Å². The fraction of sp³-hybridized carbons (Fsp3) is 1.00. The second kappa shape index (κ2) is 9.09. The van der Waals surface area contributed by atoms with E-state index in [2.05, 4.69) is 0 Å². The number of hydrogen-bond acceptors (Lipinski definition) is 4. The highest BCUT2D eigenvalue weighted by Crippen LogP contribution is 2.22. The maximum Gasteiger partial charge on any atom is 0.156 e. The molecule has 5 N–H and O–H groups in total. The molecule has 0 bridgehead atoms. The van der Waals surface area contributed by atoms with E-state index in [-0.39, 0.29) is 0 Å². The van der Waals surface area contributed by atoms with Crippen molar-refractivity contribution in [3.8, 4) is 0 Å². The van der Waals surface area contributed by atoms with Crippen molar-refractivity contribution >= 4 is 0 Å². The molecule has 0 aromatic rings. The van der Waals surface area contributed by atoms with E-state index >= 15 is 0 Å². The molecule has 0 aliphatic heterocycles. The topological polar surface area (TPSA) is 86.7 Å². The summed E-state index contributed by atoms with van der Waals surface area (Å²) in [5, 5.41) is 24.8. The smallest absolute Gasteiger partial charge is 0.156 e. The van der Waals surface area contributed by atoms with Crippen molar-refractivity contribution in [2.75, 3.05) is 6.61 Å². The molecular formula is C11H27NO3. The van der Waals surface area contributed by atoms with Crippen LogP contribution in [-0.4, -0.2) is 33.8 Å². The zero-order valence-corrected chi connectivity index (χ0v) is 10.4. The monoisotopic (exact) mass is 221 g/mol. The Morgan fingerprint density at radius 2 is 1.60 bits per heavy atom. The van der Waals surface area contributed by atoms with Crippen LogP contribution in [0.15, 0.2) is 0 Å². The molecule has 1 aliphatic rings. The first kappa shape index (κ1) is 17.2. The molecule has 4 heteroatoms. The molecule has 0 radical (unpaired) electrons. The summed E-state index contributed by atoms with van der Waals surface area (Å²) in [6.45, 7) is 6.92. The number of aliphatic hydroxyl groups is 3. The Labute approximate surface area is 93.1 Å².